The van der Waals surface area contributed by atoms with Crippen LogP contribution in [0.3, 0.4) is 0 Å². The van der Waals surface area contributed by atoms with Gasteiger partial charge in [0.15, 0.2) is 11.6 Å². The zero-order valence-electron chi connectivity index (χ0n) is 18.4. The van der Waals surface area contributed by atoms with Crippen LogP contribution in [0, 0.1) is 6.92 Å². The Morgan fingerprint density at radius 1 is 1.29 bits per heavy atom. The van der Waals surface area contributed by atoms with Gasteiger partial charge in [-0.3, -0.25) is 14.9 Å². The van der Waals surface area contributed by atoms with E-state index in [1.165, 1.54) is 5.56 Å². The molecule has 4 heterocycles. The Labute approximate surface area is 182 Å². The summed E-state index contributed by atoms with van der Waals surface area (Å²) < 4.78 is 1.84. The number of imidazole rings is 1. The summed E-state index contributed by atoms with van der Waals surface area (Å²) in [6.07, 6.45) is 5.77. The molecule has 4 rings (SSSR count). The van der Waals surface area contributed by atoms with Crippen molar-refractivity contribution in [2.24, 2.45) is 7.05 Å². The van der Waals surface area contributed by atoms with E-state index >= 15 is 0 Å². The Morgan fingerprint density at radius 2 is 2.10 bits per heavy atom. The van der Waals surface area contributed by atoms with Gasteiger partial charge in [0.2, 0.25) is 0 Å². The zero-order valence-corrected chi connectivity index (χ0v) is 18.4. The number of aromatic nitrogens is 5. The van der Waals surface area contributed by atoms with Gasteiger partial charge in [0, 0.05) is 44.3 Å². The number of pyridine rings is 1. The fraction of sp³-hybridized carbons (Fsp3) is 0.455. The van der Waals surface area contributed by atoms with E-state index < -0.39 is 0 Å². The average Bonchev–Trinajstić information content (AvgIpc) is 3.39. The summed E-state index contributed by atoms with van der Waals surface area (Å²) in [5.74, 6) is 1.91. The summed E-state index contributed by atoms with van der Waals surface area (Å²) in [6.45, 7) is 7.43. The standard InChI is InChI=1S/C22H30N8O/c1-4-23-22(31)27-20-13-17(29(3)28-20)14-30-11-7-16(8-12-30)18-5-6-19(26-15(18)2)21-24-9-10-25-21/h5-6,9-10,13,16H,4,7-8,11-12,14H2,1-3H3,(H,24,25)(H2,23,27,28,31). The monoisotopic (exact) mass is 422 g/mol. The van der Waals surface area contributed by atoms with E-state index in [-0.39, 0.29) is 6.03 Å². The highest BCUT2D eigenvalue weighted by Crippen LogP contribution is 2.31. The Bertz CT molecular complexity index is 1020. The topological polar surface area (TPSA) is 104 Å². The van der Waals surface area contributed by atoms with E-state index in [1.54, 1.807) is 6.20 Å². The number of hydrogen-bond donors (Lipinski definition) is 3. The number of aromatic amines is 1. The van der Waals surface area contributed by atoms with Crippen LogP contribution < -0.4 is 10.6 Å². The molecule has 1 aliphatic rings. The normalized spacial score (nSPS) is 15.2. The smallest absolute Gasteiger partial charge is 0.320 e. The van der Waals surface area contributed by atoms with Gasteiger partial charge in [0.25, 0.3) is 0 Å². The van der Waals surface area contributed by atoms with E-state index in [1.807, 2.05) is 30.9 Å². The van der Waals surface area contributed by atoms with Gasteiger partial charge in [0.05, 0.1) is 5.69 Å². The third-order valence-corrected chi connectivity index (χ3v) is 5.84. The van der Waals surface area contributed by atoms with Crippen LogP contribution in [-0.4, -0.2) is 55.3 Å². The summed E-state index contributed by atoms with van der Waals surface area (Å²) in [4.78, 5) is 26.3. The molecule has 9 heteroatoms. The van der Waals surface area contributed by atoms with Crippen LogP contribution in [0.4, 0.5) is 10.6 Å². The van der Waals surface area contributed by atoms with Gasteiger partial charge in [-0.1, -0.05) is 6.07 Å². The molecule has 164 valence electrons. The maximum absolute atomic E-state index is 11.7. The number of nitrogens with one attached hydrogen (secondary N) is 3. The molecule has 0 spiro atoms. The third kappa shape index (κ3) is 4.93. The number of hydrogen-bond acceptors (Lipinski definition) is 5. The lowest BCUT2D eigenvalue weighted by molar-refractivity contribution is 0.200. The molecule has 0 aliphatic carbocycles. The highest BCUT2D eigenvalue weighted by atomic mass is 16.2. The maximum atomic E-state index is 11.7. The molecule has 0 saturated carbocycles. The summed E-state index contributed by atoms with van der Waals surface area (Å²) in [6, 6.07) is 5.99. The fourth-order valence-electron chi connectivity index (χ4n) is 4.21. The number of amides is 2. The first-order valence-corrected chi connectivity index (χ1v) is 10.8. The van der Waals surface area contributed by atoms with Crippen LogP contribution in [-0.2, 0) is 13.6 Å². The number of carbonyl (C=O) groups excluding carboxylic acids is 1. The van der Waals surface area contributed by atoms with E-state index in [2.05, 4.69) is 49.7 Å². The second-order valence-corrected chi connectivity index (χ2v) is 7.99. The van der Waals surface area contributed by atoms with Crippen molar-refractivity contribution in [1.82, 2.24) is 34.9 Å². The molecule has 31 heavy (non-hydrogen) atoms. The Kier molecular flexibility index (Phi) is 6.31. The number of H-pyrrole nitrogens is 1. The molecular formula is C22H30N8O. The number of rotatable bonds is 6. The Hall–Kier alpha value is -3.20. The molecule has 0 bridgehead atoms. The quantitative estimate of drug-likeness (QED) is 0.566. The first kappa shape index (κ1) is 21.0. The Balaban J connectivity index is 1.34. The molecule has 0 aromatic carbocycles. The van der Waals surface area contributed by atoms with Gasteiger partial charge >= 0.3 is 6.03 Å². The molecule has 0 atom stereocenters. The van der Waals surface area contributed by atoms with Gasteiger partial charge in [-0.05, 0) is 57.3 Å². The second kappa shape index (κ2) is 9.30. The number of carbonyl (C=O) groups is 1. The van der Waals surface area contributed by atoms with Crippen LogP contribution in [0.1, 0.15) is 42.6 Å². The third-order valence-electron chi connectivity index (χ3n) is 5.84. The largest absolute Gasteiger partial charge is 0.343 e. The van der Waals surface area contributed by atoms with E-state index in [0.717, 1.165) is 55.4 Å². The average molecular weight is 423 g/mol. The van der Waals surface area contributed by atoms with Crippen molar-refractivity contribution in [3.8, 4) is 11.5 Å². The van der Waals surface area contributed by atoms with Crippen molar-refractivity contribution < 1.29 is 4.79 Å². The molecule has 3 aromatic rings. The lowest BCUT2D eigenvalue weighted by Gasteiger charge is -2.32. The van der Waals surface area contributed by atoms with Crippen molar-refractivity contribution in [2.75, 3.05) is 25.0 Å². The minimum Gasteiger partial charge on any atom is -0.343 e. The van der Waals surface area contributed by atoms with Crippen LogP contribution in [0.5, 0.6) is 0 Å². The molecule has 0 unspecified atom stereocenters. The van der Waals surface area contributed by atoms with Gasteiger partial charge in [-0.25, -0.2) is 14.8 Å². The van der Waals surface area contributed by atoms with Crippen LogP contribution in [0.25, 0.3) is 11.5 Å². The summed E-state index contributed by atoms with van der Waals surface area (Å²) >= 11 is 0. The fourth-order valence-corrected chi connectivity index (χ4v) is 4.21. The summed E-state index contributed by atoms with van der Waals surface area (Å²) in [5.41, 5.74) is 4.40. The zero-order chi connectivity index (χ0) is 21.8. The van der Waals surface area contributed by atoms with Crippen molar-refractivity contribution in [3.05, 3.63) is 47.5 Å². The molecule has 3 N–H and O–H groups in total. The number of likely N-dealkylation sites (tertiary alicyclic amines) is 1. The highest BCUT2D eigenvalue weighted by Gasteiger charge is 2.23. The van der Waals surface area contributed by atoms with Crippen LogP contribution in [0.15, 0.2) is 30.6 Å². The maximum Gasteiger partial charge on any atom is 0.320 e. The number of anilines is 1. The Morgan fingerprint density at radius 3 is 2.77 bits per heavy atom. The molecule has 2 amide bonds. The number of piperidine rings is 1. The van der Waals surface area contributed by atoms with Crippen molar-refractivity contribution in [2.45, 2.75) is 39.2 Å². The summed E-state index contributed by atoms with van der Waals surface area (Å²) in [7, 11) is 1.92. The van der Waals surface area contributed by atoms with Gasteiger partial charge in [-0.2, -0.15) is 5.10 Å². The lowest BCUT2D eigenvalue weighted by atomic mass is 9.88. The molecule has 1 aliphatic heterocycles. The first-order chi connectivity index (χ1) is 15.0. The van der Waals surface area contributed by atoms with Gasteiger partial charge in [-0.15, -0.1) is 0 Å². The molecule has 0 radical (unpaired) electrons. The predicted octanol–water partition coefficient (Wildman–Crippen LogP) is 3.03. The van der Waals surface area contributed by atoms with Crippen molar-refractivity contribution in [3.63, 3.8) is 0 Å². The van der Waals surface area contributed by atoms with Crippen LogP contribution >= 0.6 is 0 Å². The lowest BCUT2D eigenvalue weighted by Crippen LogP contribution is -2.33. The first-order valence-electron chi connectivity index (χ1n) is 10.8. The minimum absolute atomic E-state index is 0.227. The number of aryl methyl sites for hydroxylation is 2. The highest BCUT2D eigenvalue weighted by molar-refractivity contribution is 5.88. The van der Waals surface area contributed by atoms with Crippen molar-refractivity contribution in [1.29, 1.82) is 0 Å². The van der Waals surface area contributed by atoms with Crippen molar-refractivity contribution >= 4 is 11.8 Å². The predicted molar refractivity (Wildman–Crippen MR) is 120 cm³/mol. The molecule has 1 fully saturated rings. The van der Waals surface area contributed by atoms with E-state index in [9.17, 15) is 4.79 Å². The second-order valence-electron chi connectivity index (χ2n) is 7.99. The van der Waals surface area contributed by atoms with Crippen LogP contribution in [0.2, 0.25) is 0 Å². The van der Waals surface area contributed by atoms with E-state index in [0.29, 0.717) is 18.3 Å². The molecular weight excluding hydrogens is 392 g/mol. The number of urea groups is 1. The van der Waals surface area contributed by atoms with Gasteiger partial charge < -0.3 is 10.3 Å². The van der Waals surface area contributed by atoms with Gasteiger partial charge in [0.1, 0.15) is 5.69 Å². The van der Waals surface area contributed by atoms with E-state index in [4.69, 9.17) is 4.98 Å². The molecule has 1 saturated heterocycles. The number of nitrogens with zero attached hydrogens (tertiary/aromatic N) is 5. The molecule has 9 nitrogen and oxygen atoms in total. The minimum atomic E-state index is -0.227. The molecule has 3 aromatic heterocycles. The SMILES string of the molecule is CCNC(=O)Nc1cc(CN2CCC(c3ccc(-c4ncc[nH]4)nc3C)CC2)n(C)n1. The summed E-state index contributed by atoms with van der Waals surface area (Å²) in [5, 5.41) is 9.90.